The highest BCUT2D eigenvalue weighted by molar-refractivity contribution is 7.89. The Hall–Kier alpha value is -0.920. The fraction of sp³-hybridized carbons (Fsp3) is 0.538. The highest BCUT2D eigenvalue weighted by Gasteiger charge is 2.20. The molecule has 114 valence electrons. The maximum absolute atomic E-state index is 12.4. The summed E-state index contributed by atoms with van der Waals surface area (Å²) in [4.78, 5) is 0.242. The molecule has 20 heavy (non-hydrogen) atoms. The molecule has 0 saturated carbocycles. The van der Waals surface area contributed by atoms with Crippen LogP contribution >= 0.6 is 0 Å². The van der Waals surface area contributed by atoms with Crippen LogP contribution in [-0.2, 0) is 20.8 Å². The minimum atomic E-state index is -3.57. The zero-order valence-electron chi connectivity index (χ0n) is 12.0. The Morgan fingerprint density at radius 2 is 1.95 bits per heavy atom. The van der Waals surface area contributed by atoms with E-state index < -0.39 is 20.8 Å². The van der Waals surface area contributed by atoms with Gasteiger partial charge in [0.05, 0.1) is 5.69 Å². The number of rotatable bonds is 8. The molecule has 0 aliphatic rings. The van der Waals surface area contributed by atoms with Gasteiger partial charge in [-0.05, 0) is 32.4 Å². The summed E-state index contributed by atoms with van der Waals surface area (Å²) in [6.07, 6.45) is 2.16. The lowest BCUT2D eigenvalue weighted by molar-refractivity contribution is 0.556. The molecule has 0 aliphatic heterocycles. The maximum Gasteiger partial charge on any atom is 0.242 e. The lowest BCUT2D eigenvalue weighted by Crippen LogP contribution is -2.34. The third-order valence-electron chi connectivity index (χ3n) is 2.74. The lowest BCUT2D eigenvalue weighted by Gasteiger charge is -2.16. The van der Waals surface area contributed by atoms with Crippen LogP contribution in [0.2, 0.25) is 0 Å². The van der Waals surface area contributed by atoms with Crippen molar-refractivity contribution >= 4 is 26.5 Å². The van der Waals surface area contributed by atoms with Gasteiger partial charge in [-0.25, -0.2) is 13.1 Å². The van der Waals surface area contributed by atoms with E-state index in [9.17, 15) is 12.6 Å². The van der Waals surface area contributed by atoms with Gasteiger partial charge < -0.3 is 5.32 Å². The molecule has 0 saturated heterocycles. The first-order valence-corrected chi connectivity index (χ1v) is 9.73. The van der Waals surface area contributed by atoms with Gasteiger partial charge >= 0.3 is 0 Å². The molecule has 1 aromatic rings. The topological polar surface area (TPSA) is 75.3 Å². The third-order valence-corrected chi connectivity index (χ3v) is 5.20. The van der Waals surface area contributed by atoms with Crippen molar-refractivity contribution in [3.8, 4) is 0 Å². The normalized spacial score (nSPS) is 14.8. The standard InChI is InChI=1S/C13H22N2O3S2/c1-4-14-12-7-5-6-8-13(12)20(17,18)15-11(2)9-10-19(3)16/h5-8,11,14-15H,4,9-10H2,1-3H3. The van der Waals surface area contributed by atoms with E-state index >= 15 is 0 Å². The molecule has 2 N–H and O–H groups in total. The first-order chi connectivity index (χ1) is 9.36. The number of hydrogen-bond donors (Lipinski definition) is 2. The molecule has 0 bridgehead atoms. The number of anilines is 1. The molecule has 0 aromatic heterocycles. The minimum absolute atomic E-state index is 0.242. The molecule has 1 aromatic carbocycles. The van der Waals surface area contributed by atoms with Crippen molar-refractivity contribution in [1.29, 1.82) is 0 Å². The summed E-state index contributed by atoms with van der Waals surface area (Å²) in [5.41, 5.74) is 0.591. The number of benzene rings is 1. The van der Waals surface area contributed by atoms with Crippen LogP contribution in [-0.4, -0.2) is 37.2 Å². The average molecular weight is 318 g/mol. The van der Waals surface area contributed by atoms with Crippen molar-refractivity contribution < 1.29 is 12.6 Å². The summed E-state index contributed by atoms with van der Waals surface area (Å²) in [5, 5.41) is 3.04. The second kappa shape index (κ2) is 7.75. The lowest BCUT2D eigenvalue weighted by atomic mass is 10.3. The largest absolute Gasteiger partial charge is 0.384 e. The van der Waals surface area contributed by atoms with Crippen LogP contribution in [0.25, 0.3) is 0 Å². The molecule has 0 fully saturated rings. The van der Waals surface area contributed by atoms with Crippen molar-refractivity contribution in [2.75, 3.05) is 23.9 Å². The summed E-state index contributed by atoms with van der Waals surface area (Å²) in [6.45, 7) is 4.34. The predicted molar refractivity (Wildman–Crippen MR) is 83.9 cm³/mol. The van der Waals surface area contributed by atoms with E-state index in [-0.39, 0.29) is 10.9 Å². The molecule has 0 radical (unpaired) electrons. The van der Waals surface area contributed by atoms with Gasteiger partial charge in [0.25, 0.3) is 0 Å². The van der Waals surface area contributed by atoms with E-state index in [4.69, 9.17) is 0 Å². The molecule has 0 heterocycles. The molecule has 0 amide bonds. The quantitative estimate of drug-likeness (QED) is 0.762. The van der Waals surface area contributed by atoms with Crippen LogP contribution < -0.4 is 10.0 Å². The minimum Gasteiger partial charge on any atom is -0.384 e. The van der Waals surface area contributed by atoms with Gasteiger partial charge in [0.2, 0.25) is 10.0 Å². The molecular formula is C13H22N2O3S2. The summed E-state index contributed by atoms with van der Waals surface area (Å²) in [5.74, 6) is 0.485. The van der Waals surface area contributed by atoms with E-state index in [1.165, 1.54) is 0 Å². The molecule has 5 nitrogen and oxygen atoms in total. The zero-order chi connectivity index (χ0) is 15.2. The fourth-order valence-corrected chi connectivity index (χ4v) is 3.91. The Morgan fingerprint density at radius 1 is 1.30 bits per heavy atom. The highest BCUT2D eigenvalue weighted by Crippen LogP contribution is 2.20. The van der Waals surface area contributed by atoms with E-state index in [0.29, 0.717) is 24.4 Å². The second-order valence-corrected chi connectivity index (χ2v) is 7.85. The van der Waals surface area contributed by atoms with Crippen LogP contribution in [0, 0.1) is 0 Å². The van der Waals surface area contributed by atoms with Crippen molar-refractivity contribution in [3.63, 3.8) is 0 Å². The van der Waals surface area contributed by atoms with E-state index in [1.807, 2.05) is 6.92 Å². The van der Waals surface area contributed by atoms with Gasteiger partial charge in [-0.15, -0.1) is 0 Å². The Kier molecular flexibility index (Phi) is 6.64. The second-order valence-electron chi connectivity index (χ2n) is 4.61. The van der Waals surface area contributed by atoms with Crippen LogP contribution in [0.4, 0.5) is 5.69 Å². The summed E-state index contributed by atoms with van der Waals surface area (Å²) in [7, 11) is -4.49. The molecule has 0 spiro atoms. The van der Waals surface area contributed by atoms with E-state index in [0.717, 1.165) is 0 Å². The van der Waals surface area contributed by atoms with Gasteiger partial charge in [0.15, 0.2) is 0 Å². The van der Waals surface area contributed by atoms with Gasteiger partial charge in [-0.1, -0.05) is 12.1 Å². The van der Waals surface area contributed by atoms with Crippen molar-refractivity contribution in [3.05, 3.63) is 24.3 Å². The molecular weight excluding hydrogens is 296 g/mol. The van der Waals surface area contributed by atoms with Crippen LogP contribution in [0.3, 0.4) is 0 Å². The molecule has 7 heteroatoms. The Morgan fingerprint density at radius 3 is 2.55 bits per heavy atom. The van der Waals surface area contributed by atoms with E-state index in [1.54, 1.807) is 37.4 Å². The monoisotopic (exact) mass is 318 g/mol. The molecule has 1 rings (SSSR count). The number of nitrogens with one attached hydrogen (secondary N) is 2. The SMILES string of the molecule is CCNc1ccccc1S(=O)(=O)NC(C)CCS(C)=O. The van der Waals surface area contributed by atoms with Gasteiger partial charge in [-0.2, -0.15) is 0 Å². The first-order valence-electron chi connectivity index (χ1n) is 6.52. The first kappa shape index (κ1) is 17.1. The number of sulfonamides is 1. The molecule has 2 unspecified atom stereocenters. The zero-order valence-corrected chi connectivity index (χ0v) is 13.7. The van der Waals surface area contributed by atoms with Gasteiger partial charge in [-0.3, -0.25) is 4.21 Å². The Bertz CT molecular complexity index is 558. The van der Waals surface area contributed by atoms with Crippen molar-refractivity contribution in [2.45, 2.75) is 31.2 Å². The fourth-order valence-electron chi connectivity index (χ4n) is 1.77. The summed E-state index contributed by atoms with van der Waals surface area (Å²) in [6, 6.07) is 6.55. The summed E-state index contributed by atoms with van der Waals surface area (Å²) < 4.78 is 38.4. The average Bonchev–Trinajstić information content (AvgIpc) is 2.37. The van der Waals surface area contributed by atoms with Crippen LogP contribution in [0.5, 0.6) is 0 Å². The van der Waals surface area contributed by atoms with Gasteiger partial charge in [0, 0.05) is 35.4 Å². The van der Waals surface area contributed by atoms with Gasteiger partial charge in [0.1, 0.15) is 4.90 Å². The molecule has 2 atom stereocenters. The number of para-hydroxylation sites is 1. The van der Waals surface area contributed by atoms with E-state index in [2.05, 4.69) is 10.0 Å². The highest BCUT2D eigenvalue weighted by atomic mass is 32.2. The Balaban J connectivity index is 2.85. The van der Waals surface area contributed by atoms with Crippen molar-refractivity contribution in [2.24, 2.45) is 0 Å². The molecule has 0 aliphatic carbocycles. The van der Waals surface area contributed by atoms with Crippen LogP contribution in [0.1, 0.15) is 20.3 Å². The smallest absolute Gasteiger partial charge is 0.242 e. The number of hydrogen-bond acceptors (Lipinski definition) is 4. The maximum atomic E-state index is 12.4. The summed E-state index contributed by atoms with van der Waals surface area (Å²) >= 11 is 0. The Labute approximate surface area is 123 Å². The third kappa shape index (κ3) is 5.22. The predicted octanol–water partition coefficient (Wildman–Crippen LogP) is 1.55. The van der Waals surface area contributed by atoms with Crippen molar-refractivity contribution in [1.82, 2.24) is 4.72 Å². The van der Waals surface area contributed by atoms with Crippen LogP contribution in [0.15, 0.2) is 29.2 Å².